The van der Waals surface area contributed by atoms with Crippen molar-refractivity contribution in [2.75, 3.05) is 38.2 Å². The summed E-state index contributed by atoms with van der Waals surface area (Å²) in [5.41, 5.74) is 2.61. The number of likely N-dealkylation sites (tertiary alicyclic amines) is 1. The van der Waals surface area contributed by atoms with Gasteiger partial charge in [0.15, 0.2) is 0 Å². The molecule has 2 atom stereocenters. The predicted octanol–water partition coefficient (Wildman–Crippen LogP) is 6.51. The van der Waals surface area contributed by atoms with Crippen LogP contribution in [0.15, 0.2) is 36.5 Å². The quantitative estimate of drug-likeness (QED) is 0.295. The lowest BCUT2D eigenvalue weighted by molar-refractivity contribution is -0.162. The third-order valence-corrected chi connectivity index (χ3v) is 9.94. The number of aromatic nitrogens is 2. The van der Waals surface area contributed by atoms with Crippen LogP contribution in [0, 0.1) is 17.3 Å². The molecule has 3 aliphatic rings. The number of carbonyl (C=O) groups is 1. The predicted molar refractivity (Wildman–Crippen MR) is 159 cm³/mol. The van der Waals surface area contributed by atoms with Gasteiger partial charge in [0.1, 0.15) is 17.4 Å². The van der Waals surface area contributed by atoms with E-state index < -0.39 is 0 Å². The van der Waals surface area contributed by atoms with Crippen molar-refractivity contribution in [2.24, 2.45) is 24.3 Å². The number of rotatable bonds is 7. The van der Waals surface area contributed by atoms with E-state index in [1.807, 2.05) is 43.9 Å². The fourth-order valence-electron chi connectivity index (χ4n) is 7.00. The van der Waals surface area contributed by atoms with Gasteiger partial charge in [0.25, 0.3) is 0 Å². The first-order valence-corrected chi connectivity index (χ1v) is 15.1. The standard InChI is InChI=1S/C31H38Cl2N4O3/c1-19(26-8-7-23(32)11-27(26)33)40-28-12-24(10-21-15-35(3)34-29(21)28)37-17-22(18-37)20-6-5-9-36(16-20)25-13-31(2,14-25)30(38)39-4/h7-8,10-12,15,19-20,22,25H,5-6,9,13-14,16-18H2,1-4H3/t19-,20+,25?,31?/m1/s1. The number of ether oxygens (including phenoxy) is 2. The second-order valence-electron chi connectivity index (χ2n) is 12.3. The average Bonchev–Trinajstić information content (AvgIpc) is 3.26. The third-order valence-electron chi connectivity index (χ3n) is 9.37. The largest absolute Gasteiger partial charge is 0.484 e. The lowest BCUT2D eigenvalue weighted by Gasteiger charge is -2.53. The fraction of sp³-hybridized carbons (Fsp3) is 0.548. The van der Waals surface area contributed by atoms with Gasteiger partial charge in [0.05, 0.1) is 12.5 Å². The van der Waals surface area contributed by atoms with Crippen LogP contribution in [0.2, 0.25) is 10.0 Å². The molecule has 2 saturated heterocycles. The Morgan fingerprint density at radius 3 is 2.62 bits per heavy atom. The Bertz CT molecular complexity index is 1410. The Balaban J connectivity index is 1.12. The summed E-state index contributed by atoms with van der Waals surface area (Å²) < 4.78 is 13.4. The molecule has 0 spiro atoms. The van der Waals surface area contributed by atoms with Crippen molar-refractivity contribution in [3.8, 4) is 5.75 Å². The number of nitrogens with zero attached hydrogens (tertiary/aromatic N) is 4. The number of anilines is 1. The SMILES string of the molecule is COC(=O)C1(C)CC(N2CCC[C@H](C3CN(c4cc(O[C@H](C)c5ccc(Cl)cc5Cl)c5nn(C)cc5c4)C3)C2)C1. The molecule has 1 aliphatic carbocycles. The molecule has 6 rings (SSSR count). The van der Waals surface area contributed by atoms with Gasteiger partial charge in [0, 0.05) is 71.7 Å². The van der Waals surface area contributed by atoms with Gasteiger partial charge >= 0.3 is 5.97 Å². The zero-order chi connectivity index (χ0) is 28.2. The summed E-state index contributed by atoms with van der Waals surface area (Å²) in [5.74, 6) is 2.07. The minimum Gasteiger partial charge on any atom is -0.484 e. The molecule has 0 unspecified atom stereocenters. The Labute approximate surface area is 246 Å². The second kappa shape index (κ2) is 10.7. The molecule has 214 valence electrons. The molecule has 3 fully saturated rings. The molecule has 1 aromatic heterocycles. The normalized spacial score (nSPS) is 26.3. The van der Waals surface area contributed by atoms with Crippen LogP contribution in [-0.4, -0.2) is 60.0 Å². The minimum absolute atomic E-state index is 0.0634. The molecule has 40 heavy (non-hydrogen) atoms. The van der Waals surface area contributed by atoms with E-state index in [1.165, 1.54) is 25.6 Å². The first kappa shape index (κ1) is 27.7. The van der Waals surface area contributed by atoms with E-state index in [-0.39, 0.29) is 17.5 Å². The molecule has 0 N–H and O–H groups in total. The van der Waals surface area contributed by atoms with E-state index in [0.29, 0.717) is 27.9 Å². The Hall–Kier alpha value is -2.48. The van der Waals surface area contributed by atoms with E-state index in [0.717, 1.165) is 61.2 Å². The Kier molecular flexibility index (Phi) is 7.43. The van der Waals surface area contributed by atoms with Gasteiger partial charge in [-0.3, -0.25) is 9.48 Å². The molecule has 0 amide bonds. The molecular weight excluding hydrogens is 547 g/mol. The van der Waals surface area contributed by atoms with Gasteiger partial charge in [-0.2, -0.15) is 5.10 Å². The summed E-state index contributed by atoms with van der Waals surface area (Å²) in [6, 6.07) is 10.4. The highest BCUT2D eigenvalue weighted by Gasteiger charge is 2.50. The topological polar surface area (TPSA) is 59.8 Å². The van der Waals surface area contributed by atoms with Crippen molar-refractivity contribution >= 4 is 45.8 Å². The maximum absolute atomic E-state index is 12.1. The van der Waals surface area contributed by atoms with Crippen LogP contribution in [0.1, 0.15) is 51.2 Å². The Morgan fingerprint density at radius 1 is 1.12 bits per heavy atom. The third kappa shape index (κ3) is 5.17. The first-order chi connectivity index (χ1) is 19.1. The van der Waals surface area contributed by atoms with Crippen molar-refractivity contribution in [3.05, 3.63) is 52.1 Å². The van der Waals surface area contributed by atoms with Crippen molar-refractivity contribution in [2.45, 2.75) is 51.7 Å². The number of methoxy groups -OCH3 is 1. The fourth-order valence-corrected chi connectivity index (χ4v) is 7.56. The maximum atomic E-state index is 12.1. The number of esters is 1. The van der Waals surface area contributed by atoms with Gasteiger partial charge in [-0.05, 0) is 76.1 Å². The van der Waals surface area contributed by atoms with Crippen molar-refractivity contribution in [3.63, 3.8) is 0 Å². The highest BCUT2D eigenvalue weighted by molar-refractivity contribution is 6.35. The first-order valence-electron chi connectivity index (χ1n) is 14.3. The van der Waals surface area contributed by atoms with Crippen molar-refractivity contribution in [1.29, 1.82) is 0 Å². The molecule has 0 radical (unpaired) electrons. The summed E-state index contributed by atoms with van der Waals surface area (Å²) in [6.07, 6.45) is 6.13. The smallest absolute Gasteiger partial charge is 0.311 e. The van der Waals surface area contributed by atoms with Gasteiger partial charge in [-0.25, -0.2) is 0 Å². The number of fused-ring (bicyclic) bond motifs is 1. The summed E-state index contributed by atoms with van der Waals surface area (Å²) in [4.78, 5) is 17.2. The van der Waals surface area contributed by atoms with Crippen LogP contribution in [-0.2, 0) is 16.6 Å². The highest BCUT2D eigenvalue weighted by Crippen LogP contribution is 2.46. The molecule has 3 heterocycles. The van der Waals surface area contributed by atoms with E-state index in [1.54, 1.807) is 6.07 Å². The lowest BCUT2D eigenvalue weighted by Crippen LogP contribution is -2.58. The van der Waals surface area contributed by atoms with Crippen molar-refractivity contribution < 1.29 is 14.3 Å². The minimum atomic E-state index is -0.305. The number of piperidine rings is 1. The molecule has 2 aromatic carbocycles. The molecule has 2 aliphatic heterocycles. The van der Waals surface area contributed by atoms with Gasteiger partial charge < -0.3 is 19.3 Å². The van der Waals surface area contributed by atoms with E-state index >= 15 is 0 Å². The number of hydrogen-bond acceptors (Lipinski definition) is 6. The van der Waals surface area contributed by atoms with Crippen LogP contribution >= 0.6 is 23.2 Å². The van der Waals surface area contributed by atoms with E-state index in [4.69, 9.17) is 32.7 Å². The van der Waals surface area contributed by atoms with Crippen LogP contribution < -0.4 is 9.64 Å². The summed E-state index contributed by atoms with van der Waals surface area (Å²) in [6.45, 7) is 8.42. The monoisotopic (exact) mass is 584 g/mol. The van der Waals surface area contributed by atoms with E-state index in [9.17, 15) is 4.79 Å². The lowest BCUT2D eigenvalue weighted by atomic mass is 9.65. The van der Waals surface area contributed by atoms with Gasteiger partial charge in [0.2, 0.25) is 0 Å². The second-order valence-corrected chi connectivity index (χ2v) is 13.1. The summed E-state index contributed by atoms with van der Waals surface area (Å²) in [7, 11) is 3.43. The number of carbonyl (C=O) groups excluding carboxylic acids is 1. The van der Waals surface area contributed by atoms with Gasteiger partial charge in [-0.1, -0.05) is 29.3 Å². The van der Waals surface area contributed by atoms with Crippen LogP contribution in [0.4, 0.5) is 5.69 Å². The van der Waals surface area contributed by atoms with Crippen LogP contribution in [0.3, 0.4) is 0 Å². The number of benzene rings is 2. The molecule has 0 bridgehead atoms. The van der Waals surface area contributed by atoms with Gasteiger partial charge in [-0.15, -0.1) is 0 Å². The number of hydrogen-bond donors (Lipinski definition) is 0. The molecule has 9 heteroatoms. The summed E-state index contributed by atoms with van der Waals surface area (Å²) >= 11 is 12.6. The van der Waals surface area contributed by atoms with Crippen LogP contribution in [0.5, 0.6) is 5.75 Å². The zero-order valence-corrected chi connectivity index (χ0v) is 25.2. The number of halogens is 2. The molecule has 3 aromatic rings. The summed E-state index contributed by atoms with van der Waals surface area (Å²) in [5, 5.41) is 6.95. The van der Waals surface area contributed by atoms with Crippen LogP contribution in [0.25, 0.3) is 10.9 Å². The zero-order valence-electron chi connectivity index (χ0n) is 23.7. The Morgan fingerprint density at radius 2 is 1.90 bits per heavy atom. The number of aryl methyl sites for hydroxylation is 1. The maximum Gasteiger partial charge on any atom is 0.311 e. The molecule has 1 saturated carbocycles. The highest BCUT2D eigenvalue weighted by atomic mass is 35.5. The molecular formula is C31H38Cl2N4O3. The van der Waals surface area contributed by atoms with E-state index in [2.05, 4.69) is 27.0 Å². The van der Waals surface area contributed by atoms with Crippen molar-refractivity contribution in [1.82, 2.24) is 14.7 Å². The average molecular weight is 586 g/mol. The molecule has 7 nitrogen and oxygen atoms in total.